The summed E-state index contributed by atoms with van der Waals surface area (Å²) < 4.78 is 7.28. The molecule has 0 saturated heterocycles. The number of benzene rings is 1. The van der Waals surface area contributed by atoms with Gasteiger partial charge in [0.15, 0.2) is 8.32 Å². The fourth-order valence-electron chi connectivity index (χ4n) is 5.16. The van der Waals surface area contributed by atoms with Crippen molar-refractivity contribution in [3.05, 3.63) is 42.0 Å². The zero-order valence-corrected chi connectivity index (χ0v) is 26.1. The van der Waals surface area contributed by atoms with E-state index in [1.807, 2.05) is 6.08 Å². The molecule has 0 fully saturated rings. The van der Waals surface area contributed by atoms with E-state index in [1.54, 1.807) is 0 Å². The molecule has 1 aromatic carbocycles. The Morgan fingerprint density at radius 1 is 0.694 bits per heavy atom. The van der Waals surface area contributed by atoms with Crippen molar-refractivity contribution in [2.24, 2.45) is 0 Å². The fourth-order valence-corrected chi connectivity index (χ4v) is 5.92. The maximum atomic E-state index is 6.15. The number of hydrogen-bond donors (Lipinski definition) is 0. The molecular weight excluding hydrogens is 454 g/mol. The smallest absolute Gasteiger partial charge is 0.183 e. The van der Waals surface area contributed by atoms with E-state index in [4.69, 9.17) is 4.43 Å². The van der Waals surface area contributed by atoms with E-state index in [2.05, 4.69) is 64.5 Å². The van der Waals surface area contributed by atoms with Crippen LogP contribution in [-0.2, 0) is 11.0 Å². The highest BCUT2D eigenvalue weighted by Crippen LogP contribution is 2.18. The predicted octanol–water partition coefficient (Wildman–Crippen LogP) is 10.4. The monoisotopic (exact) mass is 516 g/mol. The molecule has 208 valence electrons. The number of hydrogen-bond acceptors (Lipinski definition) is 1. The van der Waals surface area contributed by atoms with Gasteiger partial charge in [0.1, 0.15) is 6.54 Å². The third-order valence-electron chi connectivity index (χ3n) is 7.46. The van der Waals surface area contributed by atoms with Crippen LogP contribution >= 0.6 is 0 Å². The maximum absolute atomic E-state index is 6.15. The number of nitrogens with zero attached hydrogens (tertiary/aromatic N) is 1. The van der Waals surface area contributed by atoms with Crippen LogP contribution in [0.25, 0.3) is 6.08 Å². The lowest BCUT2D eigenvalue weighted by atomic mass is 10.0. The van der Waals surface area contributed by atoms with Crippen LogP contribution < -0.4 is 0 Å². The molecular formula is C33H62NOSi+. The van der Waals surface area contributed by atoms with Gasteiger partial charge in [-0.15, -0.1) is 0 Å². The van der Waals surface area contributed by atoms with Crippen LogP contribution in [0.3, 0.4) is 0 Å². The maximum Gasteiger partial charge on any atom is 0.183 e. The Kier molecular flexibility index (Phi) is 18.5. The Morgan fingerprint density at radius 3 is 1.58 bits per heavy atom. The summed E-state index contributed by atoms with van der Waals surface area (Å²) in [6, 6.07) is 8.99. The standard InChI is InChI=1S/C33H62NOSi/c1-7-9-10-11-12-13-14-15-16-17-18-19-20-21-22-28-34(3,29-23-30-35-36(4,5)6)31-33-26-24-32(8-2)25-27-33/h8,24-27H,2,7,9-23,28-31H2,1,3-6H3/q+1. The van der Waals surface area contributed by atoms with Gasteiger partial charge < -0.3 is 8.91 Å². The molecule has 0 aromatic heterocycles. The van der Waals surface area contributed by atoms with Crippen molar-refractivity contribution in [3.8, 4) is 0 Å². The average molecular weight is 517 g/mol. The Labute approximate surface area is 227 Å². The minimum Gasteiger partial charge on any atom is -0.417 e. The fraction of sp³-hybridized carbons (Fsp3) is 0.758. The highest BCUT2D eigenvalue weighted by Gasteiger charge is 2.22. The molecule has 1 unspecified atom stereocenters. The van der Waals surface area contributed by atoms with E-state index in [1.165, 1.54) is 121 Å². The Bertz CT molecular complexity index is 651. The van der Waals surface area contributed by atoms with Crippen molar-refractivity contribution < 1.29 is 8.91 Å². The molecule has 0 N–H and O–H groups in total. The van der Waals surface area contributed by atoms with Gasteiger partial charge in [-0.1, -0.05) is 127 Å². The Balaban J connectivity index is 2.24. The van der Waals surface area contributed by atoms with Gasteiger partial charge >= 0.3 is 0 Å². The summed E-state index contributed by atoms with van der Waals surface area (Å²) in [7, 11) is 1.04. The van der Waals surface area contributed by atoms with Crippen molar-refractivity contribution in [1.82, 2.24) is 0 Å². The zero-order valence-electron chi connectivity index (χ0n) is 25.1. The lowest BCUT2D eigenvalue weighted by Crippen LogP contribution is -2.45. The topological polar surface area (TPSA) is 9.23 Å². The number of quaternary nitrogens is 1. The normalized spacial score (nSPS) is 13.6. The van der Waals surface area contributed by atoms with Gasteiger partial charge in [-0.05, 0) is 38.0 Å². The Hall–Kier alpha value is -0.903. The molecule has 0 bridgehead atoms. The lowest BCUT2D eigenvalue weighted by molar-refractivity contribution is -0.923. The first-order valence-corrected chi connectivity index (χ1v) is 18.9. The van der Waals surface area contributed by atoms with E-state index in [0.717, 1.165) is 24.1 Å². The molecule has 1 atom stereocenters. The van der Waals surface area contributed by atoms with E-state index in [-0.39, 0.29) is 0 Å². The van der Waals surface area contributed by atoms with Crippen molar-refractivity contribution >= 4 is 14.4 Å². The van der Waals surface area contributed by atoms with E-state index in [0.29, 0.717) is 0 Å². The van der Waals surface area contributed by atoms with Gasteiger partial charge in [-0.2, -0.15) is 0 Å². The molecule has 0 heterocycles. The van der Waals surface area contributed by atoms with E-state index >= 15 is 0 Å². The van der Waals surface area contributed by atoms with Gasteiger partial charge in [0.05, 0.1) is 20.1 Å². The van der Waals surface area contributed by atoms with Crippen LogP contribution in [0.5, 0.6) is 0 Å². The quantitative estimate of drug-likeness (QED) is 0.0754. The summed E-state index contributed by atoms with van der Waals surface area (Å²) in [4.78, 5) is 0. The first kappa shape index (κ1) is 33.1. The third kappa shape index (κ3) is 18.4. The molecule has 36 heavy (non-hydrogen) atoms. The molecule has 0 radical (unpaired) electrons. The largest absolute Gasteiger partial charge is 0.417 e. The van der Waals surface area contributed by atoms with Gasteiger partial charge in [-0.3, -0.25) is 0 Å². The number of unbranched alkanes of at least 4 members (excludes halogenated alkanes) is 14. The molecule has 2 nitrogen and oxygen atoms in total. The lowest BCUT2D eigenvalue weighted by Gasteiger charge is -2.35. The summed E-state index contributed by atoms with van der Waals surface area (Å²) in [6.07, 6.45) is 24.5. The second-order valence-electron chi connectivity index (χ2n) is 12.4. The summed E-state index contributed by atoms with van der Waals surface area (Å²) >= 11 is 0. The first-order valence-electron chi connectivity index (χ1n) is 15.5. The van der Waals surface area contributed by atoms with Gasteiger partial charge in [-0.25, -0.2) is 0 Å². The van der Waals surface area contributed by atoms with Crippen LogP contribution in [0.1, 0.15) is 121 Å². The van der Waals surface area contributed by atoms with Crippen molar-refractivity contribution in [1.29, 1.82) is 0 Å². The second-order valence-corrected chi connectivity index (χ2v) is 16.9. The van der Waals surface area contributed by atoms with Crippen LogP contribution in [0, 0.1) is 0 Å². The van der Waals surface area contributed by atoms with Crippen molar-refractivity contribution in [3.63, 3.8) is 0 Å². The second kappa shape index (κ2) is 20.1. The molecule has 0 aliphatic heterocycles. The highest BCUT2D eigenvalue weighted by molar-refractivity contribution is 6.69. The molecule has 1 aromatic rings. The molecule has 0 amide bonds. The van der Waals surface area contributed by atoms with Crippen LogP contribution in [-0.4, -0.2) is 39.5 Å². The third-order valence-corrected chi connectivity index (χ3v) is 8.53. The van der Waals surface area contributed by atoms with E-state index in [9.17, 15) is 0 Å². The molecule has 0 aliphatic rings. The van der Waals surface area contributed by atoms with Gasteiger partial charge in [0.25, 0.3) is 0 Å². The van der Waals surface area contributed by atoms with Crippen molar-refractivity contribution in [2.75, 3.05) is 26.7 Å². The summed E-state index contributed by atoms with van der Waals surface area (Å²) in [6.45, 7) is 17.6. The zero-order chi connectivity index (χ0) is 26.5. The predicted molar refractivity (Wildman–Crippen MR) is 165 cm³/mol. The van der Waals surface area contributed by atoms with Crippen LogP contribution in [0.4, 0.5) is 0 Å². The molecule has 0 saturated carbocycles. The molecule has 0 aliphatic carbocycles. The first-order chi connectivity index (χ1) is 17.3. The van der Waals surface area contributed by atoms with E-state index < -0.39 is 8.32 Å². The minimum absolute atomic E-state index is 0.915. The average Bonchev–Trinajstić information content (AvgIpc) is 2.84. The summed E-state index contributed by atoms with van der Waals surface area (Å²) in [5.74, 6) is 0. The van der Waals surface area contributed by atoms with Crippen LogP contribution in [0.15, 0.2) is 30.8 Å². The SMILES string of the molecule is C=Cc1ccc(C[N+](C)(CCCCCCCCCCCCCCCCC)CCCO[Si](C)(C)C)cc1. The Morgan fingerprint density at radius 2 is 1.14 bits per heavy atom. The summed E-state index contributed by atoms with van der Waals surface area (Å²) in [5.41, 5.74) is 2.65. The van der Waals surface area contributed by atoms with Gasteiger partial charge in [0, 0.05) is 18.6 Å². The highest BCUT2D eigenvalue weighted by atomic mass is 28.4. The minimum atomic E-state index is -1.42. The van der Waals surface area contributed by atoms with Crippen LogP contribution in [0.2, 0.25) is 19.6 Å². The molecule has 1 rings (SSSR count). The molecule has 3 heteroatoms. The summed E-state index contributed by atoms with van der Waals surface area (Å²) in [5, 5.41) is 0. The van der Waals surface area contributed by atoms with Gasteiger partial charge in [0.2, 0.25) is 0 Å². The molecule has 0 spiro atoms. The van der Waals surface area contributed by atoms with Crippen molar-refractivity contribution in [2.45, 2.75) is 136 Å². The number of rotatable bonds is 24.